The zero-order valence-corrected chi connectivity index (χ0v) is 12.5. The van der Waals surface area contributed by atoms with Crippen molar-refractivity contribution in [2.45, 2.75) is 19.3 Å². The van der Waals surface area contributed by atoms with E-state index in [1.54, 1.807) is 6.07 Å². The molecule has 1 saturated heterocycles. The van der Waals surface area contributed by atoms with Crippen molar-refractivity contribution in [2.75, 3.05) is 11.9 Å². The maximum atomic E-state index is 13.5. The van der Waals surface area contributed by atoms with Crippen LogP contribution in [0.2, 0.25) is 0 Å². The first kappa shape index (κ1) is 15.4. The van der Waals surface area contributed by atoms with Crippen LogP contribution in [0, 0.1) is 17.7 Å². The highest BCUT2D eigenvalue weighted by atomic mass is 19.1. The summed E-state index contributed by atoms with van der Waals surface area (Å²) in [7, 11) is 0. The smallest absolute Gasteiger partial charge is 0.233 e. The largest absolute Gasteiger partial charge is 0.324 e. The van der Waals surface area contributed by atoms with Gasteiger partial charge in [0, 0.05) is 13.0 Å². The van der Waals surface area contributed by atoms with Crippen LogP contribution in [0.25, 0.3) is 0 Å². The molecule has 0 spiro atoms. The highest BCUT2D eigenvalue weighted by molar-refractivity contribution is 6.05. The number of allylic oxidation sites excluding steroid dienone is 2. The van der Waals surface area contributed by atoms with E-state index in [-0.39, 0.29) is 42.3 Å². The molecule has 3 amide bonds. The summed E-state index contributed by atoms with van der Waals surface area (Å²) in [6.07, 6.45) is 4.94. The molecule has 1 aliphatic carbocycles. The normalized spacial score (nSPS) is 23.1. The second-order valence-corrected chi connectivity index (χ2v) is 5.76. The molecule has 0 saturated carbocycles. The summed E-state index contributed by atoms with van der Waals surface area (Å²) in [6, 6.07) is 5.85. The summed E-state index contributed by atoms with van der Waals surface area (Å²) >= 11 is 0. The quantitative estimate of drug-likeness (QED) is 0.683. The molecule has 1 heterocycles. The first-order chi connectivity index (χ1) is 11.1. The van der Waals surface area contributed by atoms with Gasteiger partial charge in [-0.3, -0.25) is 19.3 Å². The van der Waals surface area contributed by atoms with Gasteiger partial charge in [0.1, 0.15) is 5.82 Å². The van der Waals surface area contributed by atoms with Gasteiger partial charge in [-0.1, -0.05) is 24.3 Å². The summed E-state index contributed by atoms with van der Waals surface area (Å²) < 4.78 is 13.5. The van der Waals surface area contributed by atoms with E-state index in [9.17, 15) is 18.8 Å². The predicted octanol–water partition coefficient (Wildman–Crippen LogP) is 2.11. The first-order valence-corrected chi connectivity index (χ1v) is 7.62. The number of rotatable bonds is 4. The van der Waals surface area contributed by atoms with Gasteiger partial charge in [0.05, 0.1) is 17.5 Å². The van der Waals surface area contributed by atoms with Crippen molar-refractivity contribution in [3.05, 3.63) is 42.2 Å². The van der Waals surface area contributed by atoms with Gasteiger partial charge in [0.15, 0.2) is 0 Å². The molecule has 23 heavy (non-hydrogen) atoms. The molecule has 0 radical (unpaired) electrons. The molecule has 6 heteroatoms. The number of para-hydroxylation sites is 1. The fourth-order valence-electron chi connectivity index (χ4n) is 3.08. The van der Waals surface area contributed by atoms with E-state index in [4.69, 9.17) is 0 Å². The Hall–Kier alpha value is -2.50. The molecule has 2 atom stereocenters. The third-order valence-electron chi connectivity index (χ3n) is 4.31. The maximum absolute atomic E-state index is 13.5. The molecular weight excluding hydrogens is 299 g/mol. The van der Waals surface area contributed by atoms with Crippen LogP contribution in [0.15, 0.2) is 36.4 Å². The molecule has 1 fully saturated rings. The molecule has 2 aliphatic rings. The molecule has 1 N–H and O–H groups in total. The summed E-state index contributed by atoms with van der Waals surface area (Å²) in [5, 5.41) is 2.45. The zero-order chi connectivity index (χ0) is 16.4. The molecule has 5 nitrogen and oxygen atoms in total. The number of hydrogen-bond acceptors (Lipinski definition) is 3. The summed E-state index contributed by atoms with van der Waals surface area (Å²) in [5.74, 6) is -1.94. The standard InChI is InChI=1S/C17H17FN2O3/c18-13-7-3-4-8-14(13)19-15(21)9-10-20-16(22)11-5-1-2-6-12(11)17(20)23/h1-4,7-8,11-12H,5-6,9-10H2,(H,19,21). The Morgan fingerprint density at radius 3 is 2.35 bits per heavy atom. The van der Waals surface area contributed by atoms with Crippen LogP contribution in [-0.2, 0) is 14.4 Å². The molecule has 0 bridgehead atoms. The van der Waals surface area contributed by atoms with Crippen molar-refractivity contribution in [2.24, 2.45) is 11.8 Å². The second-order valence-electron chi connectivity index (χ2n) is 5.76. The van der Waals surface area contributed by atoms with Crippen LogP contribution in [0.1, 0.15) is 19.3 Å². The van der Waals surface area contributed by atoms with Crippen LogP contribution < -0.4 is 5.32 Å². The molecule has 1 aromatic rings. The van der Waals surface area contributed by atoms with Crippen molar-refractivity contribution in [1.29, 1.82) is 0 Å². The fraction of sp³-hybridized carbons (Fsp3) is 0.353. The minimum Gasteiger partial charge on any atom is -0.324 e. The number of fused-ring (bicyclic) bond motifs is 1. The predicted molar refractivity (Wildman–Crippen MR) is 81.7 cm³/mol. The lowest BCUT2D eigenvalue weighted by atomic mass is 9.85. The van der Waals surface area contributed by atoms with Crippen molar-refractivity contribution in [3.63, 3.8) is 0 Å². The molecule has 1 aliphatic heterocycles. The number of benzene rings is 1. The molecule has 1 aromatic carbocycles. The van der Waals surface area contributed by atoms with E-state index in [0.29, 0.717) is 12.8 Å². The van der Waals surface area contributed by atoms with Gasteiger partial charge in [0.2, 0.25) is 17.7 Å². The summed E-state index contributed by atoms with van der Waals surface area (Å²) in [5.41, 5.74) is 0.0921. The lowest BCUT2D eigenvalue weighted by Gasteiger charge is -2.14. The van der Waals surface area contributed by atoms with Gasteiger partial charge < -0.3 is 5.32 Å². The lowest BCUT2D eigenvalue weighted by Crippen LogP contribution is -2.34. The number of imide groups is 1. The average molecular weight is 316 g/mol. The van der Waals surface area contributed by atoms with Gasteiger partial charge in [-0.05, 0) is 25.0 Å². The average Bonchev–Trinajstić information content (AvgIpc) is 2.80. The van der Waals surface area contributed by atoms with Gasteiger partial charge in [-0.25, -0.2) is 4.39 Å². The Bertz CT molecular complexity index is 660. The molecule has 0 aromatic heterocycles. The number of hydrogen-bond donors (Lipinski definition) is 1. The van der Waals surface area contributed by atoms with Gasteiger partial charge >= 0.3 is 0 Å². The van der Waals surface area contributed by atoms with Crippen LogP contribution in [-0.4, -0.2) is 29.2 Å². The topological polar surface area (TPSA) is 66.5 Å². The Morgan fingerprint density at radius 2 is 1.74 bits per heavy atom. The monoisotopic (exact) mass is 316 g/mol. The van der Waals surface area contributed by atoms with Crippen LogP contribution in [0.4, 0.5) is 10.1 Å². The summed E-state index contributed by atoms with van der Waals surface area (Å²) in [6.45, 7) is 0.0327. The van der Waals surface area contributed by atoms with Crippen molar-refractivity contribution >= 4 is 23.4 Å². The SMILES string of the molecule is O=C(CCN1C(=O)C2CC=CCC2C1=O)Nc1ccccc1F. The maximum Gasteiger partial charge on any atom is 0.233 e. The number of halogens is 1. The number of amides is 3. The number of carbonyl (C=O) groups excluding carboxylic acids is 3. The number of carbonyl (C=O) groups is 3. The molecule has 120 valence electrons. The Morgan fingerprint density at radius 1 is 1.13 bits per heavy atom. The Balaban J connectivity index is 1.58. The highest BCUT2D eigenvalue weighted by Crippen LogP contribution is 2.35. The first-order valence-electron chi connectivity index (χ1n) is 7.62. The van der Waals surface area contributed by atoms with E-state index in [1.165, 1.54) is 23.1 Å². The number of anilines is 1. The van der Waals surface area contributed by atoms with Gasteiger partial charge in [-0.15, -0.1) is 0 Å². The van der Waals surface area contributed by atoms with Crippen LogP contribution in [0.3, 0.4) is 0 Å². The van der Waals surface area contributed by atoms with Crippen molar-refractivity contribution < 1.29 is 18.8 Å². The highest BCUT2D eigenvalue weighted by Gasteiger charge is 2.46. The third kappa shape index (κ3) is 3.02. The van der Waals surface area contributed by atoms with Crippen LogP contribution in [0.5, 0.6) is 0 Å². The molecule has 2 unspecified atom stereocenters. The minimum atomic E-state index is -0.522. The summed E-state index contributed by atoms with van der Waals surface area (Å²) in [4.78, 5) is 37.6. The van der Waals surface area contributed by atoms with Crippen LogP contribution >= 0.6 is 0 Å². The number of nitrogens with zero attached hydrogens (tertiary/aromatic N) is 1. The van der Waals surface area contributed by atoms with E-state index < -0.39 is 11.7 Å². The minimum absolute atomic E-state index is 0.0327. The third-order valence-corrected chi connectivity index (χ3v) is 4.31. The van der Waals surface area contributed by atoms with Gasteiger partial charge in [0.25, 0.3) is 0 Å². The van der Waals surface area contributed by atoms with E-state index in [1.807, 2.05) is 12.2 Å². The lowest BCUT2D eigenvalue weighted by molar-refractivity contribution is -0.140. The fourth-order valence-corrected chi connectivity index (χ4v) is 3.08. The van der Waals surface area contributed by atoms with E-state index in [0.717, 1.165) is 0 Å². The van der Waals surface area contributed by atoms with Gasteiger partial charge in [-0.2, -0.15) is 0 Å². The number of nitrogens with one attached hydrogen (secondary N) is 1. The molecular formula is C17H17FN2O3. The van der Waals surface area contributed by atoms with E-state index in [2.05, 4.69) is 5.32 Å². The van der Waals surface area contributed by atoms with Crippen molar-refractivity contribution in [1.82, 2.24) is 4.90 Å². The molecule has 3 rings (SSSR count). The number of likely N-dealkylation sites (tertiary alicyclic amines) is 1. The van der Waals surface area contributed by atoms with Crippen molar-refractivity contribution in [3.8, 4) is 0 Å². The Labute approximate surface area is 133 Å². The zero-order valence-electron chi connectivity index (χ0n) is 12.5. The Kier molecular flexibility index (Phi) is 4.23. The van der Waals surface area contributed by atoms with E-state index >= 15 is 0 Å². The second kappa shape index (κ2) is 6.32.